The van der Waals surface area contributed by atoms with Crippen molar-refractivity contribution in [3.8, 4) is 0 Å². The van der Waals surface area contributed by atoms with Crippen LogP contribution in [0.4, 0.5) is 0 Å². The van der Waals surface area contributed by atoms with Crippen molar-refractivity contribution in [1.82, 2.24) is 4.98 Å². The quantitative estimate of drug-likeness (QED) is 0.657. The van der Waals surface area contributed by atoms with Crippen LogP contribution in [0.3, 0.4) is 0 Å². The van der Waals surface area contributed by atoms with Crippen LogP contribution in [0.1, 0.15) is 5.56 Å². The van der Waals surface area contributed by atoms with Crippen molar-refractivity contribution in [1.29, 1.82) is 0 Å². The average molecular weight is 191 g/mol. The average Bonchev–Trinajstić information content (AvgIpc) is 1.85. The van der Waals surface area contributed by atoms with Crippen LogP contribution in [0.25, 0.3) is 0 Å². The minimum Gasteiger partial charge on any atom is -0.772 e. The van der Waals surface area contributed by atoms with Crippen LogP contribution >= 0.6 is 11.6 Å². The molecular weight excluding hydrogens is 186 g/mol. The summed E-state index contributed by atoms with van der Waals surface area (Å²) in [7, 11) is 0. The molecule has 0 aliphatic rings. The van der Waals surface area contributed by atoms with Gasteiger partial charge in [0.1, 0.15) is 0 Å². The van der Waals surface area contributed by atoms with Gasteiger partial charge in [-0.2, -0.15) is 0 Å². The van der Waals surface area contributed by atoms with Gasteiger partial charge in [-0.05, 0) is 11.6 Å². The fraction of sp³-hybridized carbons (Fsp3) is 0.167. The van der Waals surface area contributed by atoms with Crippen LogP contribution in [0.2, 0.25) is 5.02 Å². The minimum atomic E-state index is -2.07. The van der Waals surface area contributed by atoms with Gasteiger partial charge in [-0.15, -0.1) is 0 Å². The summed E-state index contributed by atoms with van der Waals surface area (Å²) in [6.07, 6.45) is 2.93. The molecule has 1 aromatic heterocycles. The van der Waals surface area contributed by atoms with Gasteiger partial charge in [0.15, 0.2) is 0 Å². The zero-order chi connectivity index (χ0) is 8.27. The molecule has 0 aliphatic carbocycles. The Labute approximate surface area is 71.7 Å². The highest BCUT2D eigenvalue weighted by atomic mass is 35.5. The summed E-state index contributed by atoms with van der Waals surface area (Å²) < 4.78 is 20.4. The van der Waals surface area contributed by atoms with E-state index >= 15 is 0 Å². The molecule has 1 rings (SSSR count). The van der Waals surface area contributed by atoms with E-state index in [1.807, 2.05) is 0 Å². The van der Waals surface area contributed by atoms with Gasteiger partial charge in [0, 0.05) is 18.1 Å². The van der Waals surface area contributed by atoms with E-state index in [0.717, 1.165) is 0 Å². The Hall–Kier alpha value is -0.450. The predicted molar refractivity (Wildman–Crippen MR) is 41.9 cm³/mol. The van der Waals surface area contributed by atoms with E-state index in [2.05, 4.69) is 4.98 Å². The molecular formula is C6H5ClNO2S-. The van der Waals surface area contributed by atoms with Gasteiger partial charge in [0.05, 0.1) is 5.02 Å². The SMILES string of the molecule is O=S([O-])Cc1cncc(Cl)c1. The largest absolute Gasteiger partial charge is 0.772 e. The van der Waals surface area contributed by atoms with Gasteiger partial charge < -0.3 is 4.55 Å². The van der Waals surface area contributed by atoms with E-state index in [1.54, 1.807) is 6.07 Å². The van der Waals surface area contributed by atoms with E-state index in [4.69, 9.17) is 11.6 Å². The zero-order valence-electron chi connectivity index (χ0n) is 5.49. The minimum absolute atomic E-state index is 0.0342. The Morgan fingerprint density at radius 1 is 1.64 bits per heavy atom. The molecule has 0 N–H and O–H groups in total. The van der Waals surface area contributed by atoms with Crippen molar-refractivity contribution < 1.29 is 8.76 Å². The first kappa shape index (κ1) is 8.64. The number of halogens is 1. The van der Waals surface area contributed by atoms with Gasteiger partial charge in [-0.25, -0.2) is 0 Å². The standard InChI is InChI=1S/C6H6ClNO2S/c7-6-1-5(2-8-3-6)4-11(9)10/h1-3H,4H2,(H,9,10)/p-1. The summed E-state index contributed by atoms with van der Waals surface area (Å²) in [5.74, 6) is -0.0342. The van der Waals surface area contributed by atoms with Crippen LogP contribution in [-0.4, -0.2) is 13.7 Å². The monoisotopic (exact) mass is 190 g/mol. The highest BCUT2D eigenvalue weighted by molar-refractivity contribution is 7.78. The third kappa shape index (κ3) is 2.96. The highest BCUT2D eigenvalue weighted by Crippen LogP contribution is 2.09. The molecule has 0 bridgehead atoms. The van der Waals surface area contributed by atoms with Crippen LogP contribution in [-0.2, 0) is 16.8 Å². The Morgan fingerprint density at radius 2 is 2.36 bits per heavy atom. The molecule has 3 nitrogen and oxygen atoms in total. The second-order valence-corrected chi connectivity index (χ2v) is 3.29. The topological polar surface area (TPSA) is 53.0 Å². The molecule has 0 amide bonds. The number of nitrogens with zero attached hydrogens (tertiary/aromatic N) is 1. The lowest BCUT2D eigenvalue weighted by Crippen LogP contribution is -1.93. The molecule has 0 saturated carbocycles. The molecule has 0 aromatic carbocycles. The number of hydrogen-bond donors (Lipinski definition) is 0. The lowest BCUT2D eigenvalue weighted by Gasteiger charge is -2.03. The lowest BCUT2D eigenvalue weighted by atomic mass is 10.3. The summed E-state index contributed by atoms with van der Waals surface area (Å²) in [5, 5.41) is 0.452. The molecule has 5 heteroatoms. The van der Waals surface area contributed by atoms with Crippen LogP contribution < -0.4 is 0 Å². The Morgan fingerprint density at radius 3 is 2.91 bits per heavy atom. The van der Waals surface area contributed by atoms with Gasteiger partial charge in [-0.3, -0.25) is 9.19 Å². The van der Waals surface area contributed by atoms with Crippen LogP contribution in [0.15, 0.2) is 18.5 Å². The smallest absolute Gasteiger partial charge is 0.0592 e. The van der Waals surface area contributed by atoms with Crippen molar-refractivity contribution in [3.63, 3.8) is 0 Å². The van der Waals surface area contributed by atoms with Gasteiger partial charge in [-0.1, -0.05) is 22.7 Å². The van der Waals surface area contributed by atoms with Crippen molar-refractivity contribution in [2.45, 2.75) is 5.75 Å². The summed E-state index contributed by atoms with van der Waals surface area (Å²) in [4.78, 5) is 3.73. The Kier molecular flexibility index (Phi) is 2.99. The van der Waals surface area contributed by atoms with Gasteiger partial charge in [0.25, 0.3) is 0 Å². The number of rotatable bonds is 2. The molecule has 0 saturated heterocycles. The van der Waals surface area contributed by atoms with Gasteiger partial charge >= 0.3 is 0 Å². The number of hydrogen-bond acceptors (Lipinski definition) is 3. The molecule has 1 unspecified atom stereocenters. The predicted octanol–water partition coefficient (Wildman–Crippen LogP) is 1.11. The number of aromatic nitrogens is 1. The first-order chi connectivity index (χ1) is 5.18. The fourth-order valence-electron chi connectivity index (χ4n) is 0.671. The van der Waals surface area contributed by atoms with E-state index in [1.165, 1.54) is 12.4 Å². The maximum atomic E-state index is 10.2. The van der Waals surface area contributed by atoms with Crippen molar-refractivity contribution >= 4 is 22.7 Å². The molecule has 1 aromatic rings. The van der Waals surface area contributed by atoms with E-state index in [9.17, 15) is 8.76 Å². The lowest BCUT2D eigenvalue weighted by molar-refractivity contribution is 0.536. The molecule has 0 aliphatic heterocycles. The maximum Gasteiger partial charge on any atom is 0.0592 e. The second kappa shape index (κ2) is 3.80. The third-order valence-electron chi connectivity index (χ3n) is 1.05. The highest BCUT2D eigenvalue weighted by Gasteiger charge is 1.93. The second-order valence-electron chi connectivity index (χ2n) is 1.96. The Bertz CT molecular complexity index is 279. The molecule has 11 heavy (non-hydrogen) atoms. The fourth-order valence-corrected chi connectivity index (χ4v) is 1.30. The molecule has 1 heterocycles. The van der Waals surface area contributed by atoms with E-state index in [0.29, 0.717) is 10.6 Å². The Balaban J connectivity index is 2.79. The van der Waals surface area contributed by atoms with Gasteiger partial charge in [0.2, 0.25) is 0 Å². The van der Waals surface area contributed by atoms with Crippen molar-refractivity contribution in [3.05, 3.63) is 29.0 Å². The maximum absolute atomic E-state index is 10.2. The molecule has 0 fully saturated rings. The zero-order valence-corrected chi connectivity index (χ0v) is 7.06. The normalized spacial score (nSPS) is 12.9. The molecule has 0 spiro atoms. The summed E-state index contributed by atoms with van der Waals surface area (Å²) >= 11 is 3.49. The summed E-state index contributed by atoms with van der Waals surface area (Å²) in [5.41, 5.74) is 0.603. The number of pyridine rings is 1. The molecule has 1 atom stereocenters. The van der Waals surface area contributed by atoms with E-state index in [-0.39, 0.29) is 5.75 Å². The first-order valence-electron chi connectivity index (χ1n) is 2.84. The molecule has 0 radical (unpaired) electrons. The van der Waals surface area contributed by atoms with Crippen molar-refractivity contribution in [2.75, 3.05) is 0 Å². The summed E-state index contributed by atoms with van der Waals surface area (Å²) in [6, 6.07) is 1.57. The third-order valence-corrected chi connectivity index (χ3v) is 1.82. The van der Waals surface area contributed by atoms with E-state index < -0.39 is 11.1 Å². The molecule has 60 valence electrons. The first-order valence-corrected chi connectivity index (χ1v) is 4.46. The summed E-state index contributed by atoms with van der Waals surface area (Å²) in [6.45, 7) is 0. The van der Waals surface area contributed by atoms with Crippen LogP contribution in [0.5, 0.6) is 0 Å². The van der Waals surface area contributed by atoms with Crippen molar-refractivity contribution in [2.24, 2.45) is 0 Å². The van der Waals surface area contributed by atoms with Crippen LogP contribution in [0, 0.1) is 0 Å².